The highest BCUT2D eigenvalue weighted by Gasteiger charge is 2.16. The summed E-state index contributed by atoms with van der Waals surface area (Å²) in [6.07, 6.45) is 1.05. The molecule has 7 heteroatoms. The van der Waals surface area contributed by atoms with Crippen molar-refractivity contribution in [2.45, 2.75) is 11.3 Å². The van der Waals surface area contributed by atoms with Gasteiger partial charge in [0.1, 0.15) is 11.5 Å². The zero-order chi connectivity index (χ0) is 17.7. The average molecular weight is 349 g/mol. The Balaban J connectivity index is 2.24. The van der Waals surface area contributed by atoms with Gasteiger partial charge in [-0.05, 0) is 23.8 Å². The molecule has 128 valence electrons. The van der Waals surface area contributed by atoms with Gasteiger partial charge in [-0.3, -0.25) is 4.79 Å². The number of benzene rings is 2. The molecule has 2 rings (SSSR count). The van der Waals surface area contributed by atoms with E-state index in [1.165, 1.54) is 20.3 Å². The highest BCUT2D eigenvalue weighted by molar-refractivity contribution is 7.90. The summed E-state index contributed by atoms with van der Waals surface area (Å²) in [4.78, 5) is 12.5. The molecule has 0 fully saturated rings. The number of anilines is 1. The van der Waals surface area contributed by atoms with E-state index in [0.29, 0.717) is 22.7 Å². The quantitative estimate of drug-likeness (QED) is 0.865. The molecule has 24 heavy (non-hydrogen) atoms. The van der Waals surface area contributed by atoms with E-state index >= 15 is 0 Å². The van der Waals surface area contributed by atoms with Gasteiger partial charge < -0.3 is 14.8 Å². The topological polar surface area (TPSA) is 81.7 Å². The molecule has 0 unspecified atom stereocenters. The fraction of sp³-hybridized carbons (Fsp3) is 0.235. The number of methoxy groups -OCH3 is 2. The van der Waals surface area contributed by atoms with E-state index in [0.717, 1.165) is 6.26 Å². The van der Waals surface area contributed by atoms with Crippen LogP contribution in [0.25, 0.3) is 0 Å². The zero-order valence-corrected chi connectivity index (χ0v) is 14.5. The predicted molar refractivity (Wildman–Crippen MR) is 91.4 cm³/mol. The molecule has 0 heterocycles. The van der Waals surface area contributed by atoms with Crippen molar-refractivity contribution in [3.8, 4) is 11.5 Å². The lowest BCUT2D eigenvalue weighted by Crippen LogP contribution is -2.16. The number of hydrogen-bond acceptors (Lipinski definition) is 5. The second-order valence-corrected chi connectivity index (χ2v) is 7.16. The summed E-state index contributed by atoms with van der Waals surface area (Å²) in [6.45, 7) is 0. The van der Waals surface area contributed by atoms with E-state index in [-0.39, 0.29) is 17.2 Å². The third-order valence-corrected chi connectivity index (χ3v) is 4.60. The number of carbonyl (C=O) groups excluding carboxylic acids is 1. The van der Waals surface area contributed by atoms with Crippen LogP contribution in [0.3, 0.4) is 0 Å². The molecule has 0 aliphatic carbocycles. The van der Waals surface area contributed by atoms with Gasteiger partial charge in [0.2, 0.25) is 5.91 Å². The largest absolute Gasteiger partial charge is 0.497 e. The molecule has 0 saturated carbocycles. The molecule has 0 saturated heterocycles. The molecule has 1 N–H and O–H groups in total. The highest BCUT2D eigenvalue weighted by Crippen LogP contribution is 2.29. The first-order chi connectivity index (χ1) is 11.3. The summed E-state index contributed by atoms with van der Waals surface area (Å²) in [7, 11) is -0.380. The molecule has 1 amide bonds. The van der Waals surface area contributed by atoms with Crippen LogP contribution in [0, 0.1) is 0 Å². The summed E-state index contributed by atoms with van der Waals surface area (Å²) < 4.78 is 34.0. The summed E-state index contributed by atoms with van der Waals surface area (Å²) in [5.41, 5.74) is 0.901. The van der Waals surface area contributed by atoms with Crippen LogP contribution in [0.15, 0.2) is 47.4 Å². The van der Waals surface area contributed by atoms with Gasteiger partial charge in [-0.25, -0.2) is 8.42 Å². The van der Waals surface area contributed by atoms with Crippen molar-refractivity contribution in [3.05, 3.63) is 48.0 Å². The molecule has 0 aliphatic heterocycles. The van der Waals surface area contributed by atoms with E-state index < -0.39 is 9.84 Å². The Bertz CT molecular complexity index is 846. The minimum atomic E-state index is -3.40. The van der Waals surface area contributed by atoms with Crippen molar-refractivity contribution in [1.82, 2.24) is 0 Å². The Hall–Kier alpha value is -2.54. The second kappa shape index (κ2) is 7.35. The van der Waals surface area contributed by atoms with Crippen LogP contribution in [0.1, 0.15) is 5.56 Å². The molecule has 0 atom stereocenters. The van der Waals surface area contributed by atoms with Gasteiger partial charge in [-0.15, -0.1) is 0 Å². The minimum absolute atomic E-state index is 0.0659. The molecule has 0 aromatic heterocycles. The number of amides is 1. The molecule has 0 radical (unpaired) electrons. The normalized spacial score (nSPS) is 11.0. The molecule has 2 aromatic rings. The monoisotopic (exact) mass is 349 g/mol. The summed E-state index contributed by atoms with van der Waals surface area (Å²) in [5, 5.41) is 2.72. The fourth-order valence-corrected chi connectivity index (χ4v) is 3.23. The zero-order valence-electron chi connectivity index (χ0n) is 13.7. The molecular formula is C17H19NO5S. The standard InChI is InChI=1S/C17H19NO5S/c1-22-13-8-9-15(23-2)14(11-13)18-17(19)10-12-6-4-5-7-16(12)24(3,20)21/h4-9,11H,10H2,1-3H3,(H,18,19). The van der Waals surface area contributed by atoms with Crippen LogP contribution in [-0.2, 0) is 21.1 Å². The van der Waals surface area contributed by atoms with Crippen molar-refractivity contribution in [1.29, 1.82) is 0 Å². The minimum Gasteiger partial charge on any atom is -0.497 e. The summed E-state index contributed by atoms with van der Waals surface area (Å²) in [6, 6.07) is 11.5. The number of sulfone groups is 1. The molecule has 0 spiro atoms. The number of hydrogen-bond donors (Lipinski definition) is 1. The van der Waals surface area contributed by atoms with Crippen LogP contribution in [0.2, 0.25) is 0 Å². The Labute approximate surface area is 141 Å². The van der Waals surface area contributed by atoms with Crippen LogP contribution < -0.4 is 14.8 Å². The van der Waals surface area contributed by atoms with Gasteiger partial charge in [0.15, 0.2) is 9.84 Å². The number of carbonyl (C=O) groups is 1. The van der Waals surface area contributed by atoms with Crippen molar-refractivity contribution in [2.24, 2.45) is 0 Å². The highest BCUT2D eigenvalue weighted by atomic mass is 32.2. The number of rotatable bonds is 6. The molecular weight excluding hydrogens is 330 g/mol. The summed E-state index contributed by atoms with van der Waals surface area (Å²) >= 11 is 0. The first-order valence-corrected chi connectivity index (χ1v) is 9.04. The first kappa shape index (κ1) is 17.8. The number of ether oxygens (including phenoxy) is 2. The van der Waals surface area contributed by atoms with Gasteiger partial charge >= 0.3 is 0 Å². The maximum absolute atomic E-state index is 12.3. The predicted octanol–water partition coefficient (Wildman–Crippen LogP) is 2.29. The van der Waals surface area contributed by atoms with Crippen LogP contribution in [0.4, 0.5) is 5.69 Å². The van der Waals surface area contributed by atoms with Gasteiger partial charge in [0.25, 0.3) is 0 Å². The Kier molecular flexibility index (Phi) is 5.46. The van der Waals surface area contributed by atoms with E-state index in [4.69, 9.17) is 9.47 Å². The van der Waals surface area contributed by atoms with Gasteiger partial charge in [-0.1, -0.05) is 18.2 Å². The van der Waals surface area contributed by atoms with E-state index in [2.05, 4.69) is 5.32 Å². The molecule has 6 nitrogen and oxygen atoms in total. The van der Waals surface area contributed by atoms with Crippen molar-refractivity contribution < 1.29 is 22.7 Å². The van der Waals surface area contributed by atoms with Crippen molar-refractivity contribution >= 4 is 21.4 Å². The van der Waals surface area contributed by atoms with Crippen LogP contribution in [0.5, 0.6) is 11.5 Å². The van der Waals surface area contributed by atoms with Crippen LogP contribution in [-0.4, -0.2) is 34.8 Å². The molecule has 2 aromatic carbocycles. The van der Waals surface area contributed by atoms with Gasteiger partial charge in [0, 0.05) is 12.3 Å². The van der Waals surface area contributed by atoms with Crippen LogP contribution >= 0.6 is 0 Å². The maximum atomic E-state index is 12.3. The first-order valence-electron chi connectivity index (χ1n) is 7.15. The SMILES string of the molecule is COc1ccc(OC)c(NC(=O)Cc2ccccc2S(C)(=O)=O)c1. The molecule has 0 aliphatic rings. The Morgan fingerprint density at radius 2 is 1.79 bits per heavy atom. The average Bonchev–Trinajstić information content (AvgIpc) is 2.54. The third-order valence-electron chi connectivity index (χ3n) is 3.40. The van der Waals surface area contributed by atoms with Gasteiger partial charge in [0.05, 0.1) is 31.2 Å². The lowest BCUT2D eigenvalue weighted by Gasteiger charge is -2.12. The molecule has 0 bridgehead atoms. The fourth-order valence-electron chi connectivity index (χ4n) is 2.29. The smallest absolute Gasteiger partial charge is 0.228 e. The summed E-state index contributed by atoms with van der Waals surface area (Å²) in [5.74, 6) is 0.709. The number of nitrogens with one attached hydrogen (secondary N) is 1. The van der Waals surface area contributed by atoms with Crippen molar-refractivity contribution in [3.63, 3.8) is 0 Å². The maximum Gasteiger partial charge on any atom is 0.228 e. The Morgan fingerprint density at radius 3 is 2.42 bits per heavy atom. The lowest BCUT2D eigenvalue weighted by molar-refractivity contribution is -0.115. The van der Waals surface area contributed by atoms with E-state index in [9.17, 15) is 13.2 Å². The van der Waals surface area contributed by atoms with Gasteiger partial charge in [-0.2, -0.15) is 0 Å². The second-order valence-electron chi connectivity index (χ2n) is 5.17. The van der Waals surface area contributed by atoms with E-state index in [1.807, 2.05) is 0 Å². The lowest BCUT2D eigenvalue weighted by atomic mass is 10.1. The third kappa shape index (κ3) is 4.26. The van der Waals surface area contributed by atoms with E-state index in [1.54, 1.807) is 36.4 Å². The Morgan fingerprint density at radius 1 is 1.08 bits per heavy atom. The van der Waals surface area contributed by atoms with Crippen molar-refractivity contribution in [2.75, 3.05) is 25.8 Å².